The van der Waals surface area contributed by atoms with Crippen LogP contribution < -0.4 is 19.5 Å². The van der Waals surface area contributed by atoms with Crippen molar-refractivity contribution in [3.05, 3.63) is 156 Å². The number of halogens is 1. The van der Waals surface area contributed by atoms with E-state index in [0.717, 1.165) is 34.6 Å². The number of benzene rings is 5. The highest BCUT2D eigenvalue weighted by molar-refractivity contribution is 7.92. The molecule has 258 valence electrons. The second kappa shape index (κ2) is 17.1. The number of nitrogens with one attached hydrogen (secondary N) is 2. The first kappa shape index (κ1) is 35.6. The summed E-state index contributed by atoms with van der Waals surface area (Å²) in [5.74, 6) is -0.187. The number of carbonyl (C=O) groups is 2. The maximum atomic E-state index is 13.9. The first-order valence-corrected chi connectivity index (χ1v) is 17.5. The summed E-state index contributed by atoms with van der Waals surface area (Å²) in [5, 5.41) is 3.03. The van der Waals surface area contributed by atoms with E-state index in [2.05, 4.69) is 10.0 Å². The Bertz CT molecular complexity index is 1940. The highest BCUT2D eigenvalue weighted by atomic mass is 32.2. The molecule has 0 aliphatic carbocycles. The van der Waals surface area contributed by atoms with Gasteiger partial charge in [0.1, 0.15) is 23.4 Å². The van der Waals surface area contributed by atoms with Crippen LogP contribution in [0, 0.1) is 5.82 Å². The van der Waals surface area contributed by atoms with Gasteiger partial charge >= 0.3 is 0 Å². The van der Waals surface area contributed by atoms with E-state index in [1.165, 1.54) is 41.3 Å². The Kier molecular flexibility index (Phi) is 12.2. The van der Waals surface area contributed by atoms with Crippen LogP contribution in [0.4, 0.5) is 10.1 Å². The molecule has 0 unspecified atom stereocenters. The van der Waals surface area contributed by atoms with Gasteiger partial charge < -0.3 is 19.7 Å². The molecule has 0 bridgehead atoms. The molecule has 2 N–H and O–H groups in total. The van der Waals surface area contributed by atoms with Crippen molar-refractivity contribution in [3.8, 4) is 11.5 Å². The fourth-order valence-electron chi connectivity index (χ4n) is 5.25. The van der Waals surface area contributed by atoms with Gasteiger partial charge in [0.05, 0.1) is 12.0 Å². The second-order valence-electron chi connectivity index (χ2n) is 11.5. The Labute approximate surface area is 291 Å². The second-order valence-corrected chi connectivity index (χ2v) is 13.2. The number of amides is 2. The molecule has 9 nitrogen and oxygen atoms in total. The first-order chi connectivity index (χ1) is 24.2. The lowest BCUT2D eigenvalue weighted by molar-refractivity contribution is -0.142. The van der Waals surface area contributed by atoms with Gasteiger partial charge in [-0.25, -0.2) is 12.8 Å². The van der Waals surface area contributed by atoms with Gasteiger partial charge in [-0.2, -0.15) is 0 Å². The van der Waals surface area contributed by atoms with Crippen LogP contribution in [0.1, 0.15) is 16.7 Å². The summed E-state index contributed by atoms with van der Waals surface area (Å²) in [4.78, 5) is 29.3. The lowest BCUT2D eigenvalue weighted by Gasteiger charge is -2.31. The third kappa shape index (κ3) is 10.2. The number of hydrogen-bond donors (Lipinski definition) is 2. The fourth-order valence-corrected chi connectivity index (χ4v) is 6.31. The molecule has 0 saturated heterocycles. The van der Waals surface area contributed by atoms with Gasteiger partial charge in [0.25, 0.3) is 15.9 Å². The topological polar surface area (TPSA) is 114 Å². The van der Waals surface area contributed by atoms with E-state index in [4.69, 9.17) is 9.47 Å². The number of methoxy groups -OCH3 is 1. The molecule has 0 heterocycles. The minimum Gasteiger partial charge on any atom is -0.497 e. The minimum absolute atomic E-state index is 0.0413. The molecule has 0 spiro atoms. The van der Waals surface area contributed by atoms with Crippen molar-refractivity contribution in [3.63, 3.8) is 0 Å². The Morgan fingerprint density at radius 1 is 0.740 bits per heavy atom. The van der Waals surface area contributed by atoms with Crippen LogP contribution in [0.25, 0.3) is 0 Å². The number of rotatable bonds is 16. The molecule has 0 saturated carbocycles. The van der Waals surface area contributed by atoms with Gasteiger partial charge in [0.2, 0.25) is 5.91 Å². The maximum Gasteiger partial charge on any atom is 0.261 e. The smallest absolute Gasteiger partial charge is 0.261 e. The highest BCUT2D eigenvalue weighted by Crippen LogP contribution is 2.21. The van der Waals surface area contributed by atoms with Crippen LogP contribution >= 0.6 is 0 Å². The van der Waals surface area contributed by atoms with Crippen LogP contribution in [0.5, 0.6) is 11.5 Å². The Balaban J connectivity index is 1.31. The van der Waals surface area contributed by atoms with Crippen LogP contribution in [-0.4, -0.2) is 51.4 Å². The van der Waals surface area contributed by atoms with Crippen molar-refractivity contribution in [2.45, 2.75) is 30.3 Å². The van der Waals surface area contributed by atoms with Crippen LogP contribution in [0.15, 0.2) is 138 Å². The maximum absolute atomic E-state index is 13.9. The number of hydrogen-bond acceptors (Lipinski definition) is 6. The Morgan fingerprint density at radius 3 is 1.96 bits per heavy atom. The molecule has 0 aliphatic rings. The lowest BCUT2D eigenvalue weighted by Crippen LogP contribution is -2.52. The lowest BCUT2D eigenvalue weighted by atomic mass is 10.0. The van der Waals surface area contributed by atoms with E-state index in [9.17, 15) is 22.4 Å². The first-order valence-electron chi connectivity index (χ1n) is 16.0. The molecule has 1 atom stereocenters. The molecule has 5 rings (SSSR count). The number of carbonyl (C=O) groups excluding carboxylic acids is 2. The number of ether oxygens (including phenoxy) is 2. The van der Waals surface area contributed by atoms with Gasteiger partial charge in [-0.3, -0.25) is 14.3 Å². The van der Waals surface area contributed by atoms with E-state index in [1.807, 2.05) is 84.9 Å². The summed E-state index contributed by atoms with van der Waals surface area (Å²) in [6, 6.07) is 36.2. The zero-order chi connectivity index (χ0) is 35.3. The Morgan fingerprint density at radius 2 is 1.34 bits per heavy atom. The predicted molar refractivity (Wildman–Crippen MR) is 190 cm³/mol. The third-order valence-corrected chi connectivity index (χ3v) is 9.33. The zero-order valence-corrected chi connectivity index (χ0v) is 28.3. The van der Waals surface area contributed by atoms with Crippen molar-refractivity contribution in [2.75, 3.05) is 25.0 Å². The predicted octanol–water partition coefficient (Wildman–Crippen LogP) is 6.01. The summed E-state index contributed by atoms with van der Waals surface area (Å²) >= 11 is 0. The average Bonchev–Trinajstić information content (AvgIpc) is 3.14. The van der Waals surface area contributed by atoms with Gasteiger partial charge in [0, 0.05) is 25.2 Å². The summed E-state index contributed by atoms with van der Waals surface area (Å²) in [6.45, 7) is 0.140. The number of anilines is 1. The van der Waals surface area contributed by atoms with Crippen molar-refractivity contribution < 1.29 is 31.9 Å². The van der Waals surface area contributed by atoms with E-state index >= 15 is 0 Å². The average molecular weight is 696 g/mol. The van der Waals surface area contributed by atoms with Crippen molar-refractivity contribution >= 4 is 27.5 Å². The number of nitrogens with zero attached hydrogens (tertiary/aromatic N) is 1. The minimum atomic E-state index is -3.95. The van der Waals surface area contributed by atoms with Gasteiger partial charge in [-0.05, 0) is 83.8 Å². The molecule has 50 heavy (non-hydrogen) atoms. The molecule has 0 radical (unpaired) electrons. The molecule has 0 aliphatic heterocycles. The molecule has 2 amide bonds. The Hall–Kier alpha value is -5.68. The molecular formula is C39H38FN3O6S. The quantitative estimate of drug-likeness (QED) is 0.131. The molecule has 5 aromatic rings. The largest absolute Gasteiger partial charge is 0.497 e. The van der Waals surface area contributed by atoms with Crippen molar-refractivity contribution in [1.82, 2.24) is 10.2 Å². The van der Waals surface area contributed by atoms with Gasteiger partial charge in [0.15, 0.2) is 6.61 Å². The highest BCUT2D eigenvalue weighted by Gasteiger charge is 2.30. The van der Waals surface area contributed by atoms with Crippen LogP contribution in [-0.2, 0) is 39.0 Å². The standard InChI is InChI=1S/C39H38FN3O6S/c1-48-34-18-12-29(13-19-34)24-25-41-39(45)37(26-30-8-4-2-5-9-30)43(27-31-10-6-3-7-11-31)38(44)28-49-35-20-22-36(23-21-35)50(46,47)42-33-16-14-32(40)15-17-33/h2-23,37,42H,24-28H2,1H3,(H,41,45)/t37-/m1/s1. The van der Waals surface area contributed by atoms with E-state index in [0.29, 0.717) is 13.0 Å². The van der Waals surface area contributed by atoms with Crippen molar-refractivity contribution in [2.24, 2.45) is 0 Å². The van der Waals surface area contributed by atoms with E-state index in [-0.39, 0.29) is 35.2 Å². The summed E-state index contributed by atoms with van der Waals surface area (Å²) in [5.41, 5.74) is 2.97. The molecule has 0 fully saturated rings. The van der Waals surface area contributed by atoms with Gasteiger partial charge in [-0.1, -0.05) is 72.8 Å². The SMILES string of the molecule is COc1ccc(CCNC(=O)[C@@H](Cc2ccccc2)N(Cc2ccccc2)C(=O)COc2ccc(S(=O)(=O)Nc3ccc(F)cc3)cc2)cc1. The van der Waals surface area contributed by atoms with E-state index < -0.39 is 34.4 Å². The molecule has 5 aromatic carbocycles. The van der Waals surface area contributed by atoms with Crippen molar-refractivity contribution in [1.29, 1.82) is 0 Å². The molecule has 0 aromatic heterocycles. The normalized spacial score (nSPS) is 11.6. The summed E-state index contributed by atoms with van der Waals surface area (Å²) < 4.78 is 52.4. The fraction of sp³-hybridized carbons (Fsp3) is 0.179. The monoisotopic (exact) mass is 695 g/mol. The van der Waals surface area contributed by atoms with Crippen LogP contribution in [0.2, 0.25) is 0 Å². The third-order valence-electron chi connectivity index (χ3n) is 7.93. The van der Waals surface area contributed by atoms with Crippen LogP contribution in [0.3, 0.4) is 0 Å². The summed E-state index contributed by atoms with van der Waals surface area (Å²) in [7, 11) is -2.35. The molecule has 11 heteroatoms. The molecular weight excluding hydrogens is 658 g/mol. The zero-order valence-electron chi connectivity index (χ0n) is 27.5. The van der Waals surface area contributed by atoms with Gasteiger partial charge in [-0.15, -0.1) is 0 Å². The summed E-state index contributed by atoms with van der Waals surface area (Å²) in [6.07, 6.45) is 0.871. The van der Waals surface area contributed by atoms with E-state index in [1.54, 1.807) is 7.11 Å². The number of sulfonamides is 1.